The molecule has 0 radical (unpaired) electrons. The third-order valence-electron chi connectivity index (χ3n) is 5.21. The summed E-state index contributed by atoms with van der Waals surface area (Å²) in [7, 11) is 0. The Morgan fingerprint density at radius 3 is 2.46 bits per heavy atom. The largest absolute Gasteiger partial charge is 0.360 e. The van der Waals surface area contributed by atoms with Gasteiger partial charge in [-0.15, -0.1) is 0 Å². The standard InChI is InChI=1S/C18H29N5O3/c1-14-5-3-4-6-23(14)18(25)13-22-9-7-21(8-10-22)12-17(24)19-16-11-15(2)26-20-16/h11,14H,3-10,12-13H2,1-2H3,(H,19,20,24). The van der Waals surface area contributed by atoms with Gasteiger partial charge in [0.25, 0.3) is 0 Å². The van der Waals surface area contributed by atoms with Gasteiger partial charge in [-0.3, -0.25) is 19.4 Å². The smallest absolute Gasteiger partial charge is 0.239 e. The second-order valence-corrected chi connectivity index (χ2v) is 7.36. The number of anilines is 1. The van der Waals surface area contributed by atoms with Crippen LogP contribution in [0.25, 0.3) is 0 Å². The van der Waals surface area contributed by atoms with Gasteiger partial charge in [0.1, 0.15) is 5.76 Å². The summed E-state index contributed by atoms with van der Waals surface area (Å²) < 4.78 is 4.94. The number of likely N-dealkylation sites (tertiary alicyclic amines) is 1. The lowest BCUT2D eigenvalue weighted by Gasteiger charge is -2.37. The lowest BCUT2D eigenvalue weighted by molar-refractivity contribution is -0.136. The van der Waals surface area contributed by atoms with E-state index in [0.717, 1.165) is 45.6 Å². The number of aryl methyl sites for hydroxylation is 1. The minimum absolute atomic E-state index is 0.0926. The van der Waals surface area contributed by atoms with E-state index in [2.05, 4.69) is 27.2 Å². The van der Waals surface area contributed by atoms with Crippen molar-refractivity contribution >= 4 is 17.6 Å². The fourth-order valence-corrected chi connectivity index (χ4v) is 3.67. The highest BCUT2D eigenvalue weighted by atomic mass is 16.5. The van der Waals surface area contributed by atoms with Crippen molar-refractivity contribution in [1.29, 1.82) is 0 Å². The van der Waals surface area contributed by atoms with Crippen LogP contribution in [0.1, 0.15) is 31.9 Å². The van der Waals surface area contributed by atoms with E-state index in [1.807, 2.05) is 4.90 Å². The number of rotatable bonds is 5. The minimum atomic E-state index is -0.0926. The average molecular weight is 363 g/mol. The van der Waals surface area contributed by atoms with Crippen molar-refractivity contribution in [3.63, 3.8) is 0 Å². The molecule has 0 aromatic carbocycles. The molecule has 0 spiro atoms. The Labute approximate surface area is 154 Å². The first kappa shape index (κ1) is 18.8. The molecular formula is C18H29N5O3. The molecule has 1 atom stereocenters. The van der Waals surface area contributed by atoms with Gasteiger partial charge in [-0.2, -0.15) is 0 Å². The summed E-state index contributed by atoms with van der Waals surface area (Å²) in [5.41, 5.74) is 0. The zero-order chi connectivity index (χ0) is 18.5. The van der Waals surface area contributed by atoms with Crippen LogP contribution in [0.4, 0.5) is 5.82 Å². The summed E-state index contributed by atoms with van der Waals surface area (Å²) in [5.74, 6) is 1.27. The molecule has 3 rings (SSSR count). The zero-order valence-electron chi connectivity index (χ0n) is 15.7. The van der Waals surface area contributed by atoms with Crippen LogP contribution in [0.5, 0.6) is 0 Å². The van der Waals surface area contributed by atoms with E-state index in [1.54, 1.807) is 13.0 Å². The van der Waals surface area contributed by atoms with Crippen molar-refractivity contribution in [2.45, 2.75) is 39.2 Å². The van der Waals surface area contributed by atoms with Crippen LogP contribution in [0.15, 0.2) is 10.6 Å². The number of carbonyl (C=O) groups excluding carboxylic acids is 2. The molecule has 0 bridgehead atoms. The van der Waals surface area contributed by atoms with Crippen molar-refractivity contribution in [2.24, 2.45) is 0 Å². The van der Waals surface area contributed by atoms with Crippen LogP contribution in [0, 0.1) is 6.92 Å². The van der Waals surface area contributed by atoms with E-state index in [9.17, 15) is 9.59 Å². The van der Waals surface area contributed by atoms with Gasteiger partial charge < -0.3 is 14.7 Å². The van der Waals surface area contributed by atoms with Crippen LogP contribution in [0.3, 0.4) is 0 Å². The van der Waals surface area contributed by atoms with Gasteiger partial charge in [-0.1, -0.05) is 5.16 Å². The SMILES string of the molecule is Cc1cc(NC(=O)CN2CCN(CC(=O)N3CCCCC3C)CC2)no1. The second kappa shape index (κ2) is 8.64. The van der Waals surface area contributed by atoms with Gasteiger partial charge >= 0.3 is 0 Å². The third kappa shape index (κ3) is 5.04. The number of amides is 2. The molecule has 1 aromatic rings. The molecule has 8 heteroatoms. The van der Waals surface area contributed by atoms with Gasteiger partial charge in [0.15, 0.2) is 5.82 Å². The van der Waals surface area contributed by atoms with Crippen LogP contribution in [0.2, 0.25) is 0 Å². The summed E-state index contributed by atoms with van der Waals surface area (Å²) in [6, 6.07) is 2.06. The Morgan fingerprint density at radius 1 is 1.15 bits per heavy atom. The highest BCUT2D eigenvalue weighted by molar-refractivity contribution is 5.91. The lowest BCUT2D eigenvalue weighted by Crippen LogP contribution is -2.53. The molecule has 26 heavy (non-hydrogen) atoms. The van der Waals surface area contributed by atoms with E-state index >= 15 is 0 Å². The van der Waals surface area contributed by atoms with E-state index < -0.39 is 0 Å². The van der Waals surface area contributed by atoms with Gasteiger partial charge in [0.2, 0.25) is 11.8 Å². The van der Waals surface area contributed by atoms with Crippen LogP contribution in [-0.2, 0) is 9.59 Å². The van der Waals surface area contributed by atoms with E-state index in [4.69, 9.17) is 4.52 Å². The maximum atomic E-state index is 12.5. The first-order valence-electron chi connectivity index (χ1n) is 9.48. The topological polar surface area (TPSA) is 81.9 Å². The molecule has 2 fully saturated rings. The number of nitrogens with zero attached hydrogens (tertiary/aromatic N) is 4. The number of hydrogen-bond acceptors (Lipinski definition) is 6. The lowest BCUT2D eigenvalue weighted by atomic mass is 10.0. The predicted octanol–water partition coefficient (Wildman–Crippen LogP) is 0.940. The predicted molar refractivity (Wildman–Crippen MR) is 97.8 cm³/mol. The molecule has 2 aliphatic heterocycles. The fourth-order valence-electron chi connectivity index (χ4n) is 3.67. The average Bonchev–Trinajstić information content (AvgIpc) is 3.01. The molecule has 3 heterocycles. The maximum Gasteiger partial charge on any atom is 0.239 e. The highest BCUT2D eigenvalue weighted by Gasteiger charge is 2.26. The van der Waals surface area contributed by atoms with E-state index in [-0.39, 0.29) is 11.8 Å². The molecule has 0 aliphatic carbocycles. The maximum absolute atomic E-state index is 12.5. The van der Waals surface area contributed by atoms with Crippen molar-refractivity contribution in [1.82, 2.24) is 19.9 Å². The second-order valence-electron chi connectivity index (χ2n) is 7.36. The fraction of sp³-hybridized carbons (Fsp3) is 0.722. The van der Waals surface area contributed by atoms with Gasteiger partial charge in [0, 0.05) is 44.8 Å². The Bertz CT molecular complexity index is 624. The molecule has 1 unspecified atom stereocenters. The van der Waals surface area contributed by atoms with Crippen molar-refractivity contribution < 1.29 is 14.1 Å². The number of piperazine rings is 1. The molecule has 1 aromatic heterocycles. The van der Waals surface area contributed by atoms with Gasteiger partial charge in [-0.05, 0) is 33.1 Å². The van der Waals surface area contributed by atoms with Crippen molar-refractivity contribution in [3.05, 3.63) is 11.8 Å². The molecule has 8 nitrogen and oxygen atoms in total. The quantitative estimate of drug-likeness (QED) is 0.838. The highest BCUT2D eigenvalue weighted by Crippen LogP contribution is 2.17. The molecule has 0 saturated carbocycles. The number of nitrogens with one attached hydrogen (secondary N) is 1. The van der Waals surface area contributed by atoms with Crippen LogP contribution >= 0.6 is 0 Å². The van der Waals surface area contributed by atoms with Crippen molar-refractivity contribution in [2.75, 3.05) is 51.1 Å². The Balaban J connectivity index is 1.38. The van der Waals surface area contributed by atoms with E-state index in [0.29, 0.717) is 30.7 Å². The Morgan fingerprint density at radius 2 is 1.85 bits per heavy atom. The van der Waals surface area contributed by atoms with Gasteiger partial charge in [-0.25, -0.2) is 0 Å². The molecule has 2 amide bonds. The Hall–Kier alpha value is -1.93. The third-order valence-corrected chi connectivity index (χ3v) is 5.21. The molecule has 144 valence electrons. The minimum Gasteiger partial charge on any atom is -0.360 e. The summed E-state index contributed by atoms with van der Waals surface area (Å²) >= 11 is 0. The number of aromatic nitrogens is 1. The summed E-state index contributed by atoms with van der Waals surface area (Å²) in [4.78, 5) is 30.9. The first-order valence-corrected chi connectivity index (χ1v) is 9.48. The van der Waals surface area contributed by atoms with Crippen molar-refractivity contribution in [3.8, 4) is 0 Å². The van der Waals surface area contributed by atoms with Crippen LogP contribution in [-0.4, -0.2) is 83.5 Å². The monoisotopic (exact) mass is 363 g/mol. The molecule has 1 N–H and O–H groups in total. The Kier molecular flexibility index (Phi) is 6.26. The number of piperidine rings is 1. The van der Waals surface area contributed by atoms with Gasteiger partial charge in [0.05, 0.1) is 13.1 Å². The summed E-state index contributed by atoms with van der Waals surface area (Å²) in [5, 5.41) is 6.51. The number of carbonyl (C=O) groups is 2. The molecule has 2 aliphatic rings. The number of hydrogen-bond donors (Lipinski definition) is 1. The van der Waals surface area contributed by atoms with Crippen LogP contribution < -0.4 is 5.32 Å². The summed E-state index contributed by atoms with van der Waals surface area (Å²) in [6.45, 7) is 8.83. The molecular weight excluding hydrogens is 334 g/mol. The first-order chi connectivity index (χ1) is 12.5. The van der Waals surface area contributed by atoms with E-state index in [1.165, 1.54) is 6.42 Å². The molecule has 2 saturated heterocycles. The zero-order valence-corrected chi connectivity index (χ0v) is 15.7. The summed E-state index contributed by atoms with van der Waals surface area (Å²) in [6.07, 6.45) is 3.45. The normalized spacial score (nSPS) is 22.4.